The molecule has 0 aliphatic carbocycles. The molecule has 0 bridgehead atoms. The van der Waals surface area contributed by atoms with Gasteiger partial charge < -0.3 is 15.6 Å². The topological polar surface area (TPSA) is 163 Å². The number of nitrogens with one attached hydrogen (secondary N) is 1. The molecule has 0 spiro atoms. The van der Waals surface area contributed by atoms with Crippen molar-refractivity contribution in [2.24, 2.45) is 16.3 Å². The number of carbonyl (C=O) groups is 2. The van der Waals surface area contributed by atoms with Crippen LogP contribution in [0.3, 0.4) is 0 Å². The van der Waals surface area contributed by atoms with Crippen LogP contribution in [0.15, 0.2) is 12.5 Å². The van der Waals surface area contributed by atoms with Crippen molar-refractivity contribution in [3.05, 3.63) is 12.5 Å². The Labute approximate surface area is 238 Å². The van der Waals surface area contributed by atoms with E-state index in [0.717, 1.165) is 6.54 Å². The Balaban J connectivity index is -0.000000758. The smallest absolute Gasteiger partial charge is 0.333 e. The van der Waals surface area contributed by atoms with Gasteiger partial charge in [0.15, 0.2) is 5.82 Å². The summed E-state index contributed by atoms with van der Waals surface area (Å²) < 4.78 is 28.5. The second kappa shape index (κ2) is 22.8. The number of carbonyl (C=O) groups excluding carboxylic acids is 2. The van der Waals surface area contributed by atoms with Crippen molar-refractivity contribution in [3.63, 3.8) is 0 Å². The van der Waals surface area contributed by atoms with Crippen molar-refractivity contribution < 1.29 is 22.2 Å². The van der Waals surface area contributed by atoms with Gasteiger partial charge in [-0.05, 0) is 19.3 Å². The predicted molar refractivity (Wildman–Crippen MR) is 161 cm³/mol. The van der Waals surface area contributed by atoms with Gasteiger partial charge in [-0.3, -0.25) is 18.7 Å². The number of imidazole rings is 1. The lowest BCUT2D eigenvalue weighted by Gasteiger charge is -2.37. The van der Waals surface area contributed by atoms with Crippen LogP contribution < -0.4 is 16.2 Å². The first kappa shape index (κ1) is 41.5. The average Bonchev–Trinajstić information content (AvgIpc) is 3.23. The maximum absolute atomic E-state index is 11.0. The van der Waals surface area contributed by atoms with Crippen molar-refractivity contribution >= 4 is 28.4 Å². The standard InChI is InChI=1S/C15H29N5O4S.2C5H12.C2H5NO/c1-14(2,3)9-19(6-7-24-25(16,22)23)10-15(4,5)20-8-13(17-11-20)18-12-21;2*1-3-5-4-2;1-2(3)4/h8,11-12H,6-7,9-10H2,1-5H3,(H,18,21)(H2,16,22,23);2*3-5H2,1-2H3;1H3,(H2,3,4). The Hall–Kier alpha value is -2.02. The lowest BCUT2D eigenvalue weighted by Crippen LogP contribution is -2.45. The van der Waals surface area contributed by atoms with E-state index in [9.17, 15) is 18.0 Å². The maximum Gasteiger partial charge on any atom is 0.333 e. The minimum atomic E-state index is -3.95. The molecule has 1 heterocycles. The number of primary amides is 1. The third-order valence-corrected chi connectivity index (χ3v) is 5.36. The van der Waals surface area contributed by atoms with E-state index in [1.807, 2.05) is 18.4 Å². The fourth-order valence-electron chi connectivity index (χ4n) is 3.29. The van der Waals surface area contributed by atoms with Crippen LogP contribution in [0.5, 0.6) is 0 Å². The van der Waals surface area contributed by atoms with Crippen LogP contribution in [0.25, 0.3) is 0 Å². The molecule has 5 N–H and O–H groups in total. The van der Waals surface area contributed by atoms with E-state index in [2.05, 4.69) is 73.6 Å². The minimum Gasteiger partial charge on any atom is -0.370 e. The summed E-state index contributed by atoms with van der Waals surface area (Å²) in [6.45, 7) is 22.3. The van der Waals surface area contributed by atoms with Crippen molar-refractivity contribution in [2.75, 3.05) is 31.6 Å². The van der Waals surface area contributed by atoms with Crippen LogP contribution in [0.4, 0.5) is 5.82 Å². The van der Waals surface area contributed by atoms with Crippen molar-refractivity contribution in [1.82, 2.24) is 14.5 Å². The second-order valence-electron chi connectivity index (χ2n) is 11.1. The molecule has 0 aromatic carbocycles. The molecule has 1 rings (SSSR count). The van der Waals surface area contributed by atoms with Gasteiger partial charge in [0.05, 0.1) is 18.5 Å². The number of unbranched alkanes of at least 4 members (excludes halogenated alkanes) is 4. The molecule has 0 unspecified atom stereocenters. The van der Waals surface area contributed by atoms with E-state index in [4.69, 9.17) is 5.14 Å². The number of rotatable bonds is 14. The van der Waals surface area contributed by atoms with Gasteiger partial charge in [0.2, 0.25) is 12.3 Å². The van der Waals surface area contributed by atoms with Gasteiger partial charge in [0.1, 0.15) is 0 Å². The highest BCUT2D eigenvalue weighted by Gasteiger charge is 2.27. The molecule has 0 fully saturated rings. The first-order chi connectivity index (χ1) is 17.9. The molecule has 0 saturated carbocycles. The number of hydrogen-bond donors (Lipinski definition) is 3. The molecule has 1 aromatic rings. The highest BCUT2D eigenvalue weighted by atomic mass is 32.2. The van der Waals surface area contributed by atoms with E-state index in [1.54, 1.807) is 12.5 Å². The molecule has 0 saturated heterocycles. The minimum absolute atomic E-state index is 0.00707. The maximum atomic E-state index is 11.0. The summed E-state index contributed by atoms with van der Waals surface area (Å²) in [7, 11) is -3.95. The molecule has 39 heavy (non-hydrogen) atoms. The molecular formula is C27H58N6O5S. The zero-order chi connectivity index (χ0) is 31.1. The van der Waals surface area contributed by atoms with Crippen LogP contribution >= 0.6 is 0 Å². The summed E-state index contributed by atoms with van der Waals surface area (Å²) in [5, 5.41) is 7.40. The second-order valence-corrected chi connectivity index (χ2v) is 12.4. The summed E-state index contributed by atoms with van der Waals surface area (Å²) in [6, 6.07) is 0. The SMILES string of the molecule is CC(C)(C)CN(CCOS(N)(=O)=O)CC(C)(C)n1cnc(NC=O)c1.CC(N)=O.CCCCC.CCCCC. The fourth-order valence-corrected chi connectivity index (χ4v) is 3.60. The van der Waals surface area contributed by atoms with E-state index >= 15 is 0 Å². The fraction of sp³-hybridized carbons (Fsp3) is 0.815. The largest absolute Gasteiger partial charge is 0.370 e. The Bertz CT molecular complexity index is 837. The van der Waals surface area contributed by atoms with Gasteiger partial charge in [-0.2, -0.15) is 8.42 Å². The zero-order valence-electron chi connectivity index (χ0n) is 26.2. The summed E-state index contributed by atoms with van der Waals surface area (Å²) >= 11 is 0. The zero-order valence-corrected chi connectivity index (χ0v) is 27.1. The van der Waals surface area contributed by atoms with E-state index in [0.29, 0.717) is 25.3 Å². The van der Waals surface area contributed by atoms with Gasteiger partial charge in [-0.15, -0.1) is 0 Å². The molecular weight excluding hydrogens is 520 g/mol. The predicted octanol–water partition coefficient (Wildman–Crippen LogP) is 4.64. The Morgan fingerprint density at radius 1 is 1.05 bits per heavy atom. The average molecular weight is 579 g/mol. The summed E-state index contributed by atoms with van der Waals surface area (Å²) in [5.41, 5.74) is 4.17. The number of hydrogen-bond acceptors (Lipinski definition) is 7. The Morgan fingerprint density at radius 3 is 1.85 bits per heavy atom. The number of nitrogens with two attached hydrogens (primary N) is 2. The third kappa shape index (κ3) is 30.4. The quantitative estimate of drug-likeness (QED) is 0.271. The van der Waals surface area contributed by atoms with Gasteiger partial charge in [-0.1, -0.05) is 87.0 Å². The van der Waals surface area contributed by atoms with Crippen LogP contribution in [0, 0.1) is 5.41 Å². The van der Waals surface area contributed by atoms with Crippen LogP contribution in [0.2, 0.25) is 0 Å². The molecule has 0 aliphatic rings. The van der Waals surface area contributed by atoms with Crippen molar-refractivity contribution in [3.8, 4) is 0 Å². The van der Waals surface area contributed by atoms with Gasteiger partial charge in [-0.25, -0.2) is 10.1 Å². The molecule has 2 amide bonds. The van der Waals surface area contributed by atoms with Gasteiger partial charge >= 0.3 is 10.3 Å². The molecule has 1 aromatic heterocycles. The number of anilines is 1. The molecule has 232 valence electrons. The highest BCUT2D eigenvalue weighted by molar-refractivity contribution is 7.84. The lowest BCUT2D eigenvalue weighted by atomic mass is 9.94. The number of aromatic nitrogens is 2. The van der Waals surface area contributed by atoms with Gasteiger partial charge in [0, 0.05) is 32.8 Å². The highest BCUT2D eigenvalue weighted by Crippen LogP contribution is 2.22. The summed E-state index contributed by atoms with van der Waals surface area (Å²) in [6.07, 6.45) is 12.1. The number of nitrogens with zero attached hydrogens (tertiary/aromatic N) is 3. The van der Waals surface area contributed by atoms with Crippen LogP contribution in [0.1, 0.15) is 108 Å². The molecule has 0 aliphatic heterocycles. The van der Waals surface area contributed by atoms with E-state index < -0.39 is 10.3 Å². The Kier molecular flexibility index (Phi) is 24.2. The van der Waals surface area contributed by atoms with Gasteiger partial charge in [0.25, 0.3) is 0 Å². The molecule has 12 heteroatoms. The lowest BCUT2D eigenvalue weighted by molar-refractivity contribution is -0.116. The Morgan fingerprint density at radius 2 is 1.51 bits per heavy atom. The summed E-state index contributed by atoms with van der Waals surface area (Å²) in [4.78, 5) is 26.0. The van der Waals surface area contributed by atoms with Crippen molar-refractivity contribution in [1.29, 1.82) is 0 Å². The van der Waals surface area contributed by atoms with Crippen LogP contribution in [-0.2, 0) is 29.6 Å². The first-order valence-electron chi connectivity index (χ1n) is 13.8. The number of amides is 2. The summed E-state index contributed by atoms with van der Waals surface area (Å²) in [5.74, 6) is 0.142. The first-order valence-corrected chi connectivity index (χ1v) is 15.3. The van der Waals surface area contributed by atoms with Crippen molar-refractivity contribution in [2.45, 2.75) is 113 Å². The van der Waals surface area contributed by atoms with Crippen LogP contribution in [-0.4, -0.2) is 61.4 Å². The molecule has 0 atom stereocenters. The monoisotopic (exact) mass is 578 g/mol. The third-order valence-electron chi connectivity index (χ3n) is 4.87. The molecule has 11 nitrogen and oxygen atoms in total. The van der Waals surface area contributed by atoms with E-state index in [1.165, 1.54) is 45.4 Å². The van der Waals surface area contributed by atoms with E-state index in [-0.39, 0.29) is 23.5 Å². The normalized spacial score (nSPS) is 11.3. The molecule has 0 radical (unpaired) electrons.